The van der Waals surface area contributed by atoms with Crippen molar-refractivity contribution >= 4 is 17.8 Å². The number of rotatable bonds is 5. The second-order valence-corrected chi connectivity index (χ2v) is 8.99. The minimum atomic E-state index is -0.809. The predicted octanol–water partition coefficient (Wildman–Crippen LogP) is 2.09. The van der Waals surface area contributed by atoms with E-state index >= 15 is 0 Å². The van der Waals surface area contributed by atoms with Crippen LogP contribution in [0.25, 0.3) is 0 Å². The zero-order valence-corrected chi connectivity index (χ0v) is 17.4. The van der Waals surface area contributed by atoms with Gasteiger partial charge in [0.25, 0.3) is 11.8 Å². The van der Waals surface area contributed by atoms with Gasteiger partial charge >= 0.3 is 6.03 Å². The fourth-order valence-electron chi connectivity index (χ4n) is 4.37. The number of piperidine rings is 1. The van der Waals surface area contributed by atoms with E-state index in [1.807, 2.05) is 0 Å². The van der Waals surface area contributed by atoms with E-state index in [0.29, 0.717) is 56.3 Å². The molecule has 1 saturated carbocycles. The van der Waals surface area contributed by atoms with Crippen LogP contribution in [0.1, 0.15) is 55.7 Å². The zero-order valence-electron chi connectivity index (χ0n) is 17.4. The van der Waals surface area contributed by atoms with Crippen LogP contribution in [0.2, 0.25) is 0 Å². The first-order chi connectivity index (χ1) is 13.8. The van der Waals surface area contributed by atoms with Gasteiger partial charge in [0.15, 0.2) is 0 Å². The van der Waals surface area contributed by atoms with Crippen molar-refractivity contribution in [2.45, 2.75) is 52.0 Å². The number of nitrogens with zero attached hydrogens (tertiary/aromatic N) is 5. The number of aromatic nitrogens is 2. The van der Waals surface area contributed by atoms with Crippen molar-refractivity contribution in [2.24, 2.45) is 11.8 Å². The molecule has 3 heterocycles. The number of hydrogen-bond acceptors (Lipinski definition) is 5. The van der Waals surface area contributed by atoms with Gasteiger partial charge in [0.2, 0.25) is 0 Å². The largest absolute Gasteiger partial charge is 0.338 e. The van der Waals surface area contributed by atoms with Crippen LogP contribution in [0.4, 0.5) is 4.79 Å². The lowest BCUT2D eigenvalue weighted by Gasteiger charge is -2.42. The van der Waals surface area contributed by atoms with Crippen molar-refractivity contribution in [3.63, 3.8) is 0 Å². The van der Waals surface area contributed by atoms with Crippen LogP contribution in [0.5, 0.6) is 0 Å². The molecule has 4 amide bonds. The van der Waals surface area contributed by atoms with E-state index in [-0.39, 0.29) is 23.8 Å². The number of amides is 4. The Kier molecular flexibility index (Phi) is 5.04. The van der Waals surface area contributed by atoms with Crippen LogP contribution >= 0.6 is 0 Å². The molecule has 8 heteroatoms. The van der Waals surface area contributed by atoms with E-state index in [9.17, 15) is 14.4 Å². The van der Waals surface area contributed by atoms with Gasteiger partial charge in [0.1, 0.15) is 11.4 Å². The summed E-state index contributed by atoms with van der Waals surface area (Å²) in [7, 11) is 0. The van der Waals surface area contributed by atoms with Gasteiger partial charge in [-0.1, -0.05) is 13.8 Å². The molecule has 3 fully saturated rings. The molecule has 0 bridgehead atoms. The number of carbonyl (C=O) groups excluding carboxylic acids is 3. The molecule has 156 valence electrons. The van der Waals surface area contributed by atoms with Crippen molar-refractivity contribution in [1.82, 2.24) is 24.7 Å². The number of imide groups is 1. The molecule has 29 heavy (non-hydrogen) atoms. The molecule has 0 aromatic carbocycles. The summed E-state index contributed by atoms with van der Waals surface area (Å²) in [6, 6.07) is -0.151. The number of likely N-dealkylation sites (tertiary alicyclic amines) is 1. The Bertz CT molecular complexity index is 810. The van der Waals surface area contributed by atoms with Gasteiger partial charge in [-0.3, -0.25) is 14.5 Å². The second kappa shape index (κ2) is 7.39. The molecule has 0 unspecified atom stereocenters. The first-order valence-electron chi connectivity index (χ1n) is 10.5. The smallest absolute Gasteiger partial charge is 0.327 e. The number of carbonyl (C=O) groups is 3. The molecule has 0 radical (unpaired) electrons. The van der Waals surface area contributed by atoms with Crippen LogP contribution in [0.3, 0.4) is 0 Å². The summed E-state index contributed by atoms with van der Waals surface area (Å²) in [5.74, 6) is 1.16. The molecule has 1 aliphatic carbocycles. The molecule has 0 N–H and O–H groups in total. The van der Waals surface area contributed by atoms with E-state index in [1.54, 1.807) is 29.1 Å². The SMILES string of the molecule is Cc1ncc(C(=O)N2CCC3(CC2)C(=O)N(CC2CC2)C(=O)N3CC(C)C)cn1. The summed E-state index contributed by atoms with van der Waals surface area (Å²) in [5, 5.41) is 0. The van der Waals surface area contributed by atoms with Crippen LogP contribution < -0.4 is 0 Å². The van der Waals surface area contributed by atoms with Gasteiger partial charge in [0.05, 0.1) is 5.56 Å². The Morgan fingerprint density at radius 1 is 1.17 bits per heavy atom. The summed E-state index contributed by atoms with van der Waals surface area (Å²) in [4.78, 5) is 52.5. The van der Waals surface area contributed by atoms with Gasteiger partial charge in [-0.2, -0.15) is 0 Å². The zero-order chi connectivity index (χ0) is 20.8. The number of urea groups is 1. The van der Waals surface area contributed by atoms with E-state index in [4.69, 9.17) is 0 Å². The van der Waals surface area contributed by atoms with Gasteiger partial charge in [-0.25, -0.2) is 14.8 Å². The Hall–Kier alpha value is -2.51. The first kappa shape index (κ1) is 19.8. The molecular weight excluding hydrogens is 370 g/mol. The molecule has 3 aliphatic rings. The molecule has 8 nitrogen and oxygen atoms in total. The van der Waals surface area contributed by atoms with E-state index in [2.05, 4.69) is 23.8 Å². The fraction of sp³-hybridized carbons (Fsp3) is 0.667. The van der Waals surface area contributed by atoms with Crippen LogP contribution in [0, 0.1) is 18.8 Å². The highest BCUT2D eigenvalue weighted by atomic mass is 16.2. The van der Waals surface area contributed by atoms with Crippen LogP contribution in [-0.4, -0.2) is 74.2 Å². The van der Waals surface area contributed by atoms with Gasteiger partial charge in [-0.05, 0) is 44.4 Å². The normalized spacial score (nSPS) is 21.6. The van der Waals surface area contributed by atoms with Crippen molar-refractivity contribution in [3.05, 3.63) is 23.8 Å². The van der Waals surface area contributed by atoms with Gasteiger partial charge in [0, 0.05) is 38.6 Å². The molecule has 2 saturated heterocycles. The lowest BCUT2D eigenvalue weighted by molar-refractivity contribution is -0.135. The summed E-state index contributed by atoms with van der Waals surface area (Å²) in [6.45, 7) is 7.88. The van der Waals surface area contributed by atoms with Gasteiger partial charge < -0.3 is 9.80 Å². The summed E-state index contributed by atoms with van der Waals surface area (Å²) in [6.07, 6.45) is 6.22. The van der Waals surface area contributed by atoms with Crippen molar-refractivity contribution in [3.8, 4) is 0 Å². The Labute approximate surface area is 171 Å². The highest BCUT2D eigenvalue weighted by Crippen LogP contribution is 2.40. The Morgan fingerprint density at radius 2 is 1.79 bits per heavy atom. The van der Waals surface area contributed by atoms with Crippen LogP contribution in [-0.2, 0) is 4.79 Å². The lowest BCUT2D eigenvalue weighted by atomic mass is 9.85. The molecule has 2 aliphatic heterocycles. The quantitative estimate of drug-likeness (QED) is 0.708. The monoisotopic (exact) mass is 399 g/mol. The highest BCUT2D eigenvalue weighted by Gasteiger charge is 2.58. The minimum absolute atomic E-state index is 0.0687. The molecule has 4 rings (SSSR count). The third-order valence-corrected chi connectivity index (χ3v) is 6.21. The van der Waals surface area contributed by atoms with E-state index in [1.165, 1.54) is 4.90 Å². The highest BCUT2D eigenvalue weighted by molar-refractivity contribution is 6.07. The lowest BCUT2D eigenvalue weighted by Crippen LogP contribution is -2.58. The van der Waals surface area contributed by atoms with Crippen LogP contribution in [0.15, 0.2) is 12.4 Å². The average Bonchev–Trinajstić information content (AvgIpc) is 3.51. The molecule has 0 atom stereocenters. The Morgan fingerprint density at radius 3 is 2.34 bits per heavy atom. The molecule has 1 aromatic heterocycles. The standard InChI is InChI=1S/C21H29N5O3/c1-14(2)12-26-20(29)25(13-16-4-5-16)19(28)21(26)6-8-24(9-7-21)18(27)17-10-22-15(3)23-11-17/h10-11,14,16H,4-9,12-13H2,1-3H3. The maximum Gasteiger partial charge on any atom is 0.327 e. The minimum Gasteiger partial charge on any atom is -0.338 e. The second-order valence-electron chi connectivity index (χ2n) is 8.99. The van der Waals surface area contributed by atoms with E-state index < -0.39 is 5.54 Å². The number of aryl methyl sites for hydroxylation is 1. The molecule has 1 aromatic rings. The maximum atomic E-state index is 13.4. The van der Waals surface area contributed by atoms with Crippen molar-refractivity contribution in [2.75, 3.05) is 26.2 Å². The Balaban J connectivity index is 1.52. The molecule has 1 spiro atoms. The maximum absolute atomic E-state index is 13.4. The topological polar surface area (TPSA) is 86.7 Å². The third-order valence-electron chi connectivity index (χ3n) is 6.21. The predicted molar refractivity (Wildman–Crippen MR) is 106 cm³/mol. The van der Waals surface area contributed by atoms with Crippen molar-refractivity contribution in [1.29, 1.82) is 0 Å². The van der Waals surface area contributed by atoms with Gasteiger partial charge in [-0.15, -0.1) is 0 Å². The third kappa shape index (κ3) is 3.60. The number of hydrogen-bond donors (Lipinski definition) is 0. The first-order valence-corrected chi connectivity index (χ1v) is 10.5. The average molecular weight is 399 g/mol. The fourth-order valence-corrected chi connectivity index (χ4v) is 4.37. The van der Waals surface area contributed by atoms with E-state index in [0.717, 1.165) is 12.8 Å². The molecular formula is C21H29N5O3. The summed E-state index contributed by atoms with van der Waals surface area (Å²) < 4.78 is 0. The summed E-state index contributed by atoms with van der Waals surface area (Å²) in [5.41, 5.74) is -0.355. The summed E-state index contributed by atoms with van der Waals surface area (Å²) >= 11 is 0. The van der Waals surface area contributed by atoms with Crippen molar-refractivity contribution < 1.29 is 14.4 Å².